The highest BCUT2D eigenvalue weighted by atomic mass is 127. The second kappa shape index (κ2) is 6.14. The third-order valence-corrected chi connectivity index (χ3v) is 4.03. The Hall–Kier alpha value is 0.0900. The molecule has 0 bridgehead atoms. The Morgan fingerprint density at radius 1 is 1.38 bits per heavy atom. The molecule has 88 valence electrons. The summed E-state index contributed by atoms with van der Waals surface area (Å²) in [7, 11) is 0. The second-order valence-electron chi connectivity index (χ2n) is 4.02. The number of nitrogens with zero attached hydrogens (tertiary/aromatic N) is 3. The van der Waals surface area contributed by atoms with Crippen molar-refractivity contribution in [2.45, 2.75) is 31.7 Å². The molecule has 0 N–H and O–H groups in total. The van der Waals surface area contributed by atoms with Crippen molar-refractivity contribution in [2.75, 3.05) is 16.8 Å². The Morgan fingerprint density at radius 3 is 2.56 bits per heavy atom. The van der Waals surface area contributed by atoms with Gasteiger partial charge in [0.1, 0.15) is 0 Å². The monoisotopic (exact) mass is 395 g/mol. The van der Waals surface area contributed by atoms with Crippen molar-refractivity contribution < 1.29 is 0 Å². The van der Waals surface area contributed by atoms with Crippen molar-refractivity contribution in [3.8, 4) is 0 Å². The van der Waals surface area contributed by atoms with E-state index in [4.69, 9.17) is 0 Å². The molecular weight excluding hydrogens is 381 g/mol. The standard InChI is InChI=1S/C11H15BrIN3/c12-5-2-6-16(10-3-1-4-10)11-14-7-9(13)8-15-11/h7-8,10H,1-6H2. The van der Waals surface area contributed by atoms with Gasteiger partial charge in [-0.1, -0.05) is 15.9 Å². The largest absolute Gasteiger partial charge is 0.338 e. The summed E-state index contributed by atoms with van der Waals surface area (Å²) in [6, 6.07) is 0.666. The van der Waals surface area contributed by atoms with Crippen LogP contribution in [0.25, 0.3) is 0 Å². The number of hydrogen-bond donors (Lipinski definition) is 0. The van der Waals surface area contributed by atoms with Gasteiger partial charge in [0.2, 0.25) is 5.95 Å². The van der Waals surface area contributed by atoms with Gasteiger partial charge in [0.05, 0.1) is 0 Å². The first-order valence-electron chi connectivity index (χ1n) is 5.61. The van der Waals surface area contributed by atoms with E-state index < -0.39 is 0 Å². The van der Waals surface area contributed by atoms with E-state index in [0.717, 1.165) is 27.8 Å². The lowest BCUT2D eigenvalue weighted by molar-refractivity contribution is 0.381. The summed E-state index contributed by atoms with van der Waals surface area (Å²) in [5.41, 5.74) is 0. The second-order valence-corrected chi connectivity index (χ2v) is 6.06. The molecule has 3 nitrogen and oxygen atoms in total. The molecule has 2 rings (SSSR count). The van der Waals surface area contributed by atoms with Gasteiger partial charge in [-0.25, -0.2) is 9.97 Å². The first-order valence-corrected chi connectivity index (χ1v) is 7.81. The van der Waals surface area contributed by atoms with Crippen molar-refractivity contribution in [3.63, 3.8) is 0 Å². The van der Waals surface area contributed by atoms with Crippen LogP contribution in [0.5, 0.6) is 0 Å². The Bertz CT molecular complexity index is 327. The molecule has 16 heavy (non-hydrogen) atoms. The molecule has 5 heteroatoms. The van der Waals surface area contributed by atoms with Gasteiger partial charge in [0, 0.05) is 33.9 Å². The molecule has 1 aromatic rings. The van der Waals surface area contributed by atoms with Crippen LogP contribution in [0.1, 0.15) is 25.7 Å². The summed E-state index contributed by atoms with van der Waals surface area (Å²) in [6.07, 6.45) is 8.85. The molecule has 0 spiro atoms. The minimum absolute atomic E-state index is 0.666. The lowest BCUT2D eigenvalue weighted by atomic mass is 9.91. The minimum Gasteiger partial charge on any atom is -0.338 e. The highest BCUT2D eigenvalue weighted by molar-refractivity contribution is 14.1. The number of aromatic nitrogens is 2. The van der Waals surface area contributed by atoms with Crippen molar-refractivity contribution >= 4 is 44.5 Å². The van der Waals surface area contributed by atoms with E-state index in [0.29, 0.717) is 6.04 Å². The Labute approximate surface area is 118 Å². The predicted molar refractivity (Wildman–Crippen MR) is 78.1 cm³/mol. The van der Waals surface area contributed by atoms with Gasteiger partial charge in [-0.2, -0.15) is 0 Å². The van der Waals surface area contributed by atoms with Crippen LogP contribution in [-0.2, 0) is 0 Å². The third-order valence-electron chi connectivity index (χ3n) is 2.91. The van der Waals surface area contributed by atoms with Gasteiger partial charge in [0.15, 0.2) is 0 Å². The smallest absolute Gasteiger partial charge is 0.225 e. The van der Waals surface area contributed by atoms with Crippen LogP contribution in [0, 0.1) is 3.57 Å². The number of hydrogen-bond acceptors (Lipinski definition) is 3. The van der Waals surface area contributed by atoms with E-state index in [1.54, 1.807) is 0 Å². The van der Waals surface area contributed by atoms with Gasteiger partial charge in [-0.05, 0) is 48.3 Å². The van der Waals surface area contributed by atoms with Gasteiger partial charge in [-0.3, -0.25) is 0 Å². The molecule has 0 atom stereocenters. The normalized spacial score (nSPS) is 15.9. The minimum atomic E-state index is 0.666. The van der Waals surface area contributed by atoms with Gasteiger partial charge < -0.3 is 4.90 Å². The van der Waals surface area contributed by atoms with E-state index >= 15 is 0 Å². The quantitative estimate of drug-likeness (QED) is 0.566. The molecular formula is C11H15BrIN3. The highest BCUT2D eigenvalue weighted by Gasteiger charge is 2.26. The molecule has 0 unspecified atom stereocenters. The van der Waals surface area contributed by atoms with E-state index in [2.05, 4.69) is 53.4 Å². The van der Waals surface area contributed by atoms with E-state index in [-0.39, 0.29) is 0 Å². The van der Waals surface area contributed by atoms with Crippen molar-refractivity contribution in [1.29, 1.82) is 0 Å². The molecule has 0 saturated heterocycles. The first-order chi connectivity index (χ1) is 7.81. The Kier molecular flexibility index (Phi) is 4.81. The molecule has 1 saturated carbocycles. The van der Waals surface area contributed by atoms with E-state index in [9.17, 15) is 0 Å². The van der Waals surface area contributed by atoms with Crippen LogP contribution in [0.4, 0.5) is 5.95 Å². The average molecular weight is 396 g/mol. The molecule has 0 radical (unpaired) electrons. The van der Waals surface area contributed by atoms with Crippen LogP contribution in [0.2, 0.25) is 0 Å². The SMILES string of the molecule is BrCCCN(c1ncc(I)cn1)C1CCC1. The van der Waals surface area contributed by atoms with Crippen molar-refractivity contribution in [1.82, 2.24) is 9.97 Å². The summed E-state index contributed by atoms with van der Waals surface area (Å²) in [4.78, 5) is 11.2. The van der Waals surface area contributed by atoms with Gasteiger partial charge in [0.25, 0.3) is 0 Å². The molecule has 0 aromatic carbocycles. The predicted octanol–water partition coefficient (Wildman–Crippen LogP) is 3.23. The molecule has 0 aliphatic heterocycles. The lowest BCUT2D eigenvalue weighted by Crippen LogP contribution is -2.42. The Morgan fingerprint density at radius 2 is 2.06 bits per heavy atom. The fraction of sp³-hybridized carbons (Fsp3) is 0.636. The fourth-order valence-corrected chi connectivity index (χ4v) is 2.36. The molecule has 1 aliphatic rings. The average Bonchev–Trinajstić information content (AvgIpc) is 2.23. The zero-order valence-electron chi connectivity index (χ0n) is 9.07. The van der Waals surface area contributed by atoms with Crippen molar-refractivity contribution in [3.05, 3.63) is 16.0 Å². The summed E-state index contributed by atoms with van der Waals surface area (Å²) in [6.45, 7) is 1.05. The summed E-state index contributed by atoms with van der Waals surface area (Å²) >= 11 is 5.72. The molecule has 1 heterocycles. The zero-order chi connectivity index (χ0) is 11.4. The topological polar surface area (TPSA) is 29.0 Å². The number of rotatable bonds is 5. The maximum Gasteiger partial charge on any atom is 0.225 e. The fourth-order valence-electron chi connectivity index (χ4n) is 1.83. The maximum atomic E-state index is 4.43. The van der Waals surface area contributed by atoms with E-state index in [1.165, 1.54) is 19.3 Å². The highest BCUT2D eigenvalue weighted by Crippen LogP contribution is 2.27. The number of anilines is 1. The first kappa shape index (κ1) is 12.5. The lowest BCUT2D eigenvalue weighted by Gasteiger charge is -2.37. The molecule has 1 fully saturated rings. The zero-order valence-corrected chi connectivity index (χ0v) is 12.8. The van der Waals surface area contributed by atoms with E-state index in [1.807, 2.05) is 12.4 Å². The van der Waals surface area contributed by atoms with Crippen LogP contribution in [-0.4, -0.2) is 27.9 Å². The third kappa shape index (κ3) is 3.06. The van der Waals surface area contributed by atoms with Crippen LogP contribution in [0.15, 0.2) is 12.4 Å². The molecule has 1 aromatic heterocycles. The van der Waals surface area contributed by atoms with Crippen molar-refractivity contribution in [2.24, 2.45) is 0 Å². The summed E-state index contributed by atoms with van der Waals surface area (Å²) < 4.78 is 1.09. The molecule has 0 amide bonds. The van der Waals surface area contributed by atoms with Crippen LogP contribution < -0.4 is 4.90 Å². The summed E-state index contributed by atoms with van der Waals surface area (Å²) in [5.74, 6) is 0.895. The number of halogens is 2. The van der Waals surface area contributed by atoms with Gasteiger partial charge >= 0.3 is 0 Å². The van der Waals surface area contributed by atoms with Crippen LogP contribution in [0.3, 0.4) is 0 Å². The van der Waals surface area contributed by atoms with Gasteiger partial charge in [-0.15, -0.1) is 0 Å². The number of alkyl halides is 1. The Balaban J connectivity index is 2.07. The maximum absolute atomic E-state index is 4.43. The summed E-state index contributed by atoms with van der Waals surface area (Å²) in [5, 5.41) is 1.04. The van der Waals surface area contributed by atoms with Crippen LogP contribution >= 0.6 is 38.5 Å². The molecule has 1 aliphatic carbocycles.